The van der Waals surface area contributed by atoms with Gasteiger partial charge in [-0.3, -0.25) is 4.79 Å². The number of ether oxygens (including phenoxy) is 1. The predicted octanol–water partition coefficient (Wildman–Crippen LogP) is 1.55. The van der Waals surface area contributed by atoms with Crippen LogP contribution < -0.4 is 14.8 Å². The molecule has 3 aromatic rings. The summed E-state index contributed by atoms with van der Waals surface area (Å²) in [4.78, 5) is 26.0. The monoisotopic (exact) mass is 416 g/mol. The highest BCUT2D eigenvalue weighted by molar-refractivity contribution is 7.89. The molecule has 0 saturated carbocycles. The summed E-state index contributed by atoms with van der Waals surface area (Å²) >= 11 is 0. The van der Waals surface area contributed by atoms with Crippen molar-refractivity contribution >= 4 is 38.9 Å². The molecule has 152 valence electrons. The molecule has 0 aliphatic rings. The van der Waals surface area contributed by atoms with Crippen molar-refractivity contribution in [1.29, 1.82) is 0 Å². The first-order valence-electron chi connectivity index (χ1n) is 8.78. The number of nitrogens with zero attached hydrogens (tertiary/aromatic N) is 2. The second-order valence-electron chi connectivity index (χ2n) is 6.14. The van der Waals surface area contributed by atoms with Gasteiger partial charge in [0.25, 0.3) is 0 Å². The third-order valence-corrected chi connectivity index (χ3v) is 5.49. The smallest absolute Gasteiger partial charge is 0.244 e. The van der Waals surface area contributed by atoms with Gasteiger partial charge in [0, 0.05) is 18.7 Å². The molecule has 9 nitrogen and oxygen atoms in total. The van der Waals surface area contributed by atoms with Crippen LogP contribution in [0.15, 0.2) is 53.7 Å². The Morgan fingerprint density at radius 2 is 2.03 bits per heavy atom. The number of nitrogens with one attached hydrogen (secondary N) is 2. The lowest BCUT2D eigenvalue weighted by Gasteiger charge is -2.14. The Morgan fingerprint density at radius 3 is 2.79 bits per heavy atom. The number of para-hydroxylation sites is 2. The number of imidazole rings is 1. The Labute approximate surface area is 167 Å². The van der Waals surface area contributed by atoms with Crippen LogP contribution in [0.5, 0.6) is 5.75 Å². The lowest BCUT2D eigenvalue weighted by Crippen LogP contribution is -2.26. The quantitative estimate of drug-likeness (QED) is 0.511. The van der Waals surface area contributed by atoms with Gasteiger partial charge in [-0.2, -0.15) is 0 Å². The fourth-order valence-corrected chi connectivity index (χ4v) is 3.86. The zero-order chi connectivity index (χ0) is 20.9. The highest BCUT2D eigenvalue weighted by Gasteiger charge is 2.20. The van der Waals surface area contributed by atoms with Gasteiger partial charge in [-0.15, -0.1) is 0 Å². The zero-order valence-electron chi connectivity index (χ0n) is 15.7. The van der Waals surface area contributed by atoms with Gasteiger partial charge in [0.1, 0.15) is 23.5 Å². The number of rotatable bonds is 9. The van der Waals surface area contributed by atoms with Crippen molar-refractivity contribution in [3.05, 3.63) is 48.8 Å². The Hall–Kier alpha value is -3.24. The van der Waals surface area contributed by atoms with E-state index in [2.05, 4.69) is 15.0 Å². The number of benzene rings is 2. The van der Waals surface area contributed by atoms with Crippen LogP contribution in [0.25, 0.3) is 11.0 Å². The number of carbonyl (C=O) groups excluding carboxylic acids is 2. The zero-order valence-corrected chi connectivity index (χ0v) is 16.5. The number of amides is 1. The molecule has 0 aliphatic carbocycles. The molecule has 2 aromatic carbocycles. The number of hydrogen-bond acceptors (Lipinski definition) is 6. The fraction of sp³-hybridized carbons (Fsp3) is 0.211. The number of aldehydes is 1. The van der Waals surface area contributed by atoms with E-state index in [-0.39, 0.29) is 29.7 Å². The molecule has 0 fully saturated rings. The Morgan fingerprint density at radius 1 is 1.24 bits per heavy atom. The molecule has 0 aliphatic heterocycles. The van der Waals surface area contributed by atoms with E-state index in [0.29, 0.717) is 18.5 Å². The van der Waals surface area contributed by atoms with Gasteiger partial charge in [-0.1, -0.05) is 12.1 Å². The average Bonchev–Trinajstić information content (AvgIpc) is 3.09. The van der Waals surface area contributed by atoms with Crippen LogP contribution in [0.3, 0.4) is 0 Å². The minimum absolute atomic E-state index is 0.0686. The van der Waals surface area contributed by atoms with Crippen LogP contribution in [-0.2, 0) is 26.2 Å². The molecule has 29 heavy (non-hydrogen) atoms. The Kier molecular flexibility index (Phi) is 6.25. The van der Waals surface area contributed by atoms with E-state index in [1.165, 1.54) is 25.1 Å². The molecule has 0 radical (unpaired) electrons. The molecule has 0 unspecified atom stereocenters. The van der Waals surface area contributed by atoms with Gasteiger partial charge in [0.05, 0.1) is 30.5 Å². The van der Waals surface area contributed by atoms with E-state index in [1.54, 1.807) is 6.33 Å². The second-order valence-corrected chi connectivity index (χ2v) is 7.87. The number of carbonyl (C=O) groups is 2. The van der Waals surface area contributed by atoms with E-state index in [1.807, 2.05) is 28.8 Å². The summed E-state index contributed by atoms with van der Waals surface area (Å²) in [5.41, 5.74) is 2.18. The van der Waals surface area contributed by atoms with Gasteiger partial charge in [0.2, 0.25) is 15.9 Å². The van der Waals surface area contributed by atoms with E-state index < -0.39 is 10.0 Å². The van der Waals surface area contributed by atoms with Crippen LogP contribution in [0.4, 0.5) is 5.69 Å². The first-order valence-corrected chi connectivity index (χ1v) is 10.3. The number of hydrogen-bond donors (Lipinski definition) is 2. The Bertz CT molecular complexity index is 1140. The molecule has 1 heterocycles. The molecule has 0 spiro atoms. The number of fused-ring (bicyclic) bond motifs is 1. The molecule has 3 rings (SSSR count). The molecule has 0 bridgehead atoms. The van der Waals surface area contributed by atoms with Crippen molar-refractivity contribution in [1.82, 2.24) is 14.3 Å². The maximum Gasteiger partial charge on any atom is 0.244 e. The van der Waals surface area contributed by atoms with Crippen molar-refractivity contribution < 1.29 is 22.7 Å². The predicted molar refractivity (Wildman–Crippen MR) is 107 cm³/mol. The number of aromatic nitrogens is 2. The highest BCUT2D eigenvalue weighted by atomic mass is 32.2. The second kappa shape index (κ2) is 8.84. The SMILES string of the molecule is CC(=O)Nc1ccc(S(=O)(=O)NCC=O)c(OCCn2cnc3ccccc32)c1. The Balaban J connectivity index is 1.82. The summed E-state index contributed by atoms with van der Waals surface area (Å²) < 4.78 is 34.7. The van der Waals surface area contributed by atoms with Gasteiger partial charge in [-0.25, -0.2) is 18.1 Å². The topological polar surface area (TPSA) is 119 Å². The van der Waals surface area contributed by atoms with Crippen molar-refractivity contribution in [3.8, 4) is 5.75 Å². The molecule has 1 aromatic heterocycles. The van der Waals surface area contributed by atoms with Crippen molar-refractivity contribution in [2.24, 2.45) is 0 Å². The standard InChI is InChI=1S/C19H20N4O5S/c1-14(25)22-15-6-7-19(29(26,27)21-8-10-24)18(12-15)28-11-9-23-13-20-16-4-2-3-5-17(16)23/h2-7,10,12-13,21H,8-9,11H2,1H3,(H,22,25). The first-order chi connectivity index (χ1) is 13.9. The summed E-state index contributed by atoms with van der Waals surface area (Å²) in [6.45, 7) is 1.60. The van der Waals surface area contributed by atoms with Gasteiger partial charge in [0.15, 0.2) is 0 Å². The summed E-state index contributed by atoms with van der Waals surface area (Å²) in [7, 11) is -3.96. The van der Waals surface area contributed by atoms with Crippen molar-refractivity contribution in [2.75, 3.05) is 18.5 Å². The van der Waals surface area contributed by atoms with Crippen LogP contribution in [0, 0.1) is 0 Å². The largest absolute Gasteiger partial charge is 0.490 e. The molecule has 10 heteroatoms. The van der Waals surface area contributed by atoms with E-state index in [4.69, 9.17) is 4.74 Å². The van der Waals surface area contributed by atoms with Crippen LogP contribution in [0.1, 0.15) is 6.92 Å². The molecule has 2 N–H and O–H groups in total. The highest BCUT2D eigenvalue weighted by Crippen LogP contribution is 2.28. The molecule has 0 saturated heterocycles. The fourth-order valence-electron chi connectivity index (χ4n) is 2.79. The van der Waals surface area contributed by atoms with Gasteiger partial charge >= 0.3 is 0 Å². The van der Waals surface area contributed by atoms with Crippen molar-refractivity contribution in [2.45, 2.75) is 18.4 Å². The first kappa shape index (κ1) is 20.5. The van der Waals surface area contributed by atoms with Crippen LogP contribution in [-0.4, -0.2) is 43.3 Å². The third kappa shape index (κ3) is 4.98. The molecule has 0 atom stereocenters. The maximum absolute atomic E-state index is 12.5. The van der Waals surface area contributed by atoms with Crippen LogP contribution >= 0.6 is 0 Å². The molecule has 1 amide bonds. The average molecular weight is 416 g/mol. The lowest BCUT2D eigenvalue weighted by atomic mass is 10.3. The van der Waals surface area contributed by atoms with Crippen LogP contribution in [0.2, 0.25) is 0 Å². The van der Waals surface area contributed by atoms with E-state index in [0.717, 1.165) is 11.0 Å². The minimum Gasteiger partial charge on any atom is -0.490 e. The number of anilines is 1. The normalized spacial score (nSPS) is 11.3. The van der Waals surface area contributed by atoms with E-state index >= 15 is 0 Å². The summed E-state index contributed by atoms with van der Waals surface area (Å²) in [5, 5.41) is 2.59. The molecular formula is C19H20N4O5S. The summed E-state index contributed by atoms with van der Waals surface area (Å²) in [5.74, 6) is -0.227. The third-order valence-electron chi connectivity index (χ3n) is 4.03. The van der Waals surface area contributed by atoms with Gasteiger partial charge < -0.3 is 19.4 Å². The molecular weight excluding hydrogens is 396 g/mol. The number of sulfonamides is 1. The van der Waals surface area contributed by atoms with Crippen molar-refractivity contribution in [3.63, 3.8) is 0 Å². The summed E-state index contributed by atoms with van der Waals surface area (Å²) in [6.07, 6.45) is 2.14. The maximum atomic E-state index is 12.5. The minimum atomic E-state index is -3.96. The summed E-state index contributed by atoms with van der Waals surface area (Å²) in [6, 6.07) is 11.8. The van der Waals surface area contributed by atoms with E-state index in [9.17, 15) is 18.0 Å². The van der Waals surface area contributed by atoms with Gasteiger partial charge in [-0.05, 0) is 24.3 Å². The lowest BCUT2D eigenvalue weighted by molar-refractivity contribution is -0.114.